The molecule has 3 heterocycles. The minimum Gasteiger partial charge on any atom is -0.338 e. The molecule has 0 radical (unpaired) electrons. The van der Waals surface area contributed by atoms with Crippen LogP contribution >= 0.6 is 0 Å². The summed E-state index contributed by atoms with van der Waals surface area (Å²) in [5.74, 6) is 1.92. The molecular weight excluding hydrogens is 350 g/mol. The Hall–Kier alpha value is -4.13. The molecule has 0 spiro atoms. The number of hydrogen-bond donors (Lipinski definition) is 2. The number of benzene rings is 2. The van der Waals surface area contributed by atoms with Crippen molar-refractivity contribution in [1.82, 2.24) is 29.9 Å². The second-order valence-corrected chi connectivity index (χ2v) is 6.18. The van der Waals surface area contributed by atoms with E-state index in [1.54, 1.807) is 30.9 Å². The smallest absolute Gasteiger partial charge is 0.227 e. The number of aromatic nitrogens is 6. The van der Waals surface area contributed by atoms with E-state index in [4.69, 9.17) is 0 Å². The number of rotatable bonds is 4. The second kappa shape index (κ2) is 6.88. The number of imidazole rings is 1. The van der Waals surface area contributed by atoms with Gasteiger partial charge in [0, 0.05) is 36.0 Å². The van der Waals surface area contributed by atoms with Gasteiger partial charge in [0.15, 0.2) is 5.82 Å². The molecule has 0 aliphatic heterocycles. The van der Waals surface area contributed by atoms with E-state index >= 15 is 0 Å². The summed E-state index contributed by atoms with van der Waals surface area (Å²) < 4.78 is 0. The lowest BCUT2D eigenvalue weighted by Crippen LogP contribution is -1.98. The molecule has 0 unspecified atom stereocenters. The fourth-order valence-electron chi connectivity index (χ4n) is 2.92. The van der Waals surface area contributed by atoms with Gasteiger partial charge in [-0.1, -0.05) is 24.3 Å². The maximum absolute atomic E-state index is 4.65. The number of nitrogens with one attached hydrogen (secondary N) is 2. The number of H-pyrrole nitrogens is 1. The van der Waals surface area contributed by atoms with Gasteiger partial charge in [0.1, 0.15) is 5.82 Å². The predicted octanol–water partition coefficient (Wildman–Crippen LogP) is 4.22. The van der Waals surface area contributed by atoms with Crippen LogP contribution in [0.1, 0.15) is 0 Å². The van der Waals surface area contributed by atoms with Crippen LogP contribution in [0.3, 0.4) is 0 Å². The number of fused-ring (bicyclic) bond motifs is 1. The Bertz CT molecular complexity index is 1200. The standard InChI is InChI=1S/C21H15N7/c1-2-8-18-17(7-1)27-20(28-18)14-5-3-6-16(11-14)26-21-24-12-15(13-25-21)19-22-9-4-10-23-19/h1-13H,(H,27,28)(H,24,25,26). The Labute approximate surface area is 160 Å². The highest BCUT2D eigenvalue weighted by Gasteiger charge is 2.07. The molecule has 0 atom stereocenters. The maximum atomic E-state index is 4.65. The summed E-state index contributed by atoms with van der Waals surface area (Å²) in [5, 5.41) is 3.22. The predicted molar refractivity (Wildman–Crippen MR) is 108 cm³/mol. The Balaban J connectivity index is 1.39. The van der Waals surface area contributed by atoms with Gasteiger partial charge in [0.2, 0.25) is 5.95 Å². The van der Waals surface area contributed by atoms with Gasteiger partial charge in [-0.3, -0.25) is 0 Å². The summed E-state index contributed by atoms with van der Waals surface area (Å²) in [6.45, 7) is 0. The first kappa shape index (κ1) is 16.1. The summed E-state index contributed by atoms with van der Waals surface area (Å²) in [7, 11) is 0. The van der Waals surface area contributed by atoms with Crippen LogP contribution in [0.15, 0.2) is 79.4 Å². The molecule has 7 heteroatoms. The molecule has 28 heavy (non-hydrogen) atoms. The second-order valence-electron chi connectivity index (χ2n) is 6.18. The van der Waals surface area contributed by atoms with Gasteiger partial charge in [-0.25, -0.2) is 24.9 Å². The van der Waals surface area contributed by atoms with Crippen molar-refractivity contribution >= 4 is 22.7 Å². The van der Waals surface area contributed by atoms with Crippen LogP contribution in [0.2, 0.25) is 0 Å². The molecule has 0 fully saturated rings. The highest BCUT2D eigenvalue weighted by Crippen LogP contribution is 2.24. The average Bonchev–Trinajstić information content (AvgIpc) is 3.20. The first-order chi connectivity index (χ1) is 13.8. The van der Waals surface area contributed by atoms with Crippen LogP contribution in [0.5, 0.6) is 0 Å². The third-order valence-corrected chi connectivity index (χ3v) is 4.26. The van der Waals surface area contributed by atoms with Crippen molar-refractivity contribution < 1.29 is 0 Å². The molecule has 0 aliphatic carbocycles. The van der Waals surface area contributed by atoms with Crippen LogP contribution in [-0.4, -0.2) is 29.9 Å². The van der Waals surface area contributed by atoms with Crippen LogP contribution in [-0.2, 0) is 0 Å². The molecule has 3 aromatic heterocycles. The lowest BCUT2D eigenvalue weighted by atomic mass is 10.2. The molecular formula is C21H15N7. The molecule has 2 aromatic carbocycles. The summed E-state index contributed by atoms with van der Waals surface area (Å²) in [4.78, 5) is 25.1. The van der Waals surface area contributed by atoms with Gasteiger partial charge >= 0.3 is 0 Å². The van der Waals surface area contributed by atoms with E-state index in [0.29, 0.717) is 11.8 Å². The first-order valence-electron chi connectivity index (χ1n) is 8.77. The third-order valence-electron chi connectivity index (χ3n) is 4.26. The number of hydrogen-bond acceptors (Lipinski definition) is 6. The molecule has 2 N–H and O–H groups in total. The molecule has 7 nitrogen and oxygen atoms in total. The van der Waals surface area contributed by atoms with E-state index in [-0.39, 0.29) is 0 Å². The Morgan fingerprint density at radius 3 is 2.39 bits per heavy atom. The molecule has 5 aromatic rings. The van der Waals surface area contributed by atoms with Gasteiger partial charge in [0.25, 0.3) is 0 Å². The van der Waals surface area contributed by atoms with Gasteiger partial charge in [-0.15, -0.1) is 0 Å². The van der Waals surface area contributed by atoms with Crippen molar-refractivity contribution in [3.05, 3.63) is 79.4 Å². The van der Waals surface area contributed by atoms with E-state index in [1.807, 2.05) is 48.5 Å². The highest BCUT2D eigenvalue weighted by atomic mass is 15.1. The Morgan fingerprint density at radius 1 is 0.750 bits per heavy atom. The van der Waals surface area contributed by atoms with E-state index in [2.05, 4.69) is 35.2 Å². The van der Waals surface area contributed by atoms with E-state index in [0.717, 1.165) is 33.7 Å². The van der Waals surface area contributed by atoms with Gasteiger partial charge in [-0.2, -0.15) is 0 Å². The SMILES string of the molecule is c1cnc(-c2cnc(Nc3cccc(-c4nc5ccccc5[nH]4)c3)nc2)nc1. The van der Waals surface area contributed by atoms with Gasteiger partial charge in [-0.05, 0) is 30.3 Å². The molecule has 0 amide bonds. The van der Waals surface area contributed by atoms with Crippen molar-refractivity contribution in [2.75, 3.05) is 5.32 Å². The largest absolute Gasteiger partial charge is 0.338 e. The molecule has 0 aliphatic rings. The molecule has 5 rings (SSSR count). The number of para-hydroxylation sites is 2. The molecule has 0 saturated carbocycles. The van der Waals surface area contributed by atoms with E-state index in [1.165, 1.54) is 0 Å². The summed E-state index contributed by atoms with van der Waals surface area (Å²) in [5.41, 5.74) is 4.58. The van der Waals surface area contributed by atoms with Crippen LogP contribution in [0, 0.1) is 0 Å². The zero-order valence-corrected chi connectivity index (χ0v) is 14.7. The number of nitrogens with zero attached hydrogens (tertiary/aromatic N) is 5. The Kier molecular flexibility index (Phi) is 3.95. The van der Waals surface area contributed by atoms with Crippen molar-refractivity contribution in [3.63, 3.8) is 0 Å². The zero-order valence-electron chi connectivity index (χ0n) is 14.7. The van der Waals surface area contributed by atoms with Crippen LogP contribution in [0.4, 0.5) is 11.6 Å². The molecule has 134 valence electrons. The van der Waals surface area contributed by atoms with Gasteiger partial charge < -0.3 is 10.3 Å². The van der Waals surface area contributed by atoms with E-state index < -0.39 is 0 Å². The highest BCUT2D eigenvalue weighted by molar-refractivity contribution is 5.80. The minimum atomic E-state index is 0.501. The van der Waals surface area contributed by atoms with E-state index in [9.17, 15) is 0 Å². The number of aromatic amines is 1. The Morgan fingerprint density at radius 2 is 1.57 bits per heavy atom. The van der Waals surface area contributed by atoms with Crippen molar-refractivity contribution in [1.29, 1.82) is 0 Å². The average molecular weight is 365 g/mol. The summed E-state index contributed by atoms with van der Waals surface area (Å²) in [6, 6.07) is 17.7. The lowest BCUT2D eigenvalue weighted by Gasteiger charge is -2.06. The van der Waals surface area contributed by atoms with Crippen LogP contribution < -0.4 is 5.32 Å². The monoisotopic (exact) mass is 365 g/mol. The van der Waals surface area contributed by atoms with Crippen molar-refractivity contribution in [2.24, 2.45) is 0 Å². The maximum Gasteiger partial charge on any atom is 0.227 e. The van der Waals surface area contributed by atoms with Crippen molar-refractivity contribution in [2.45, 2.75) is 0 Å². The fraction of sp³-hybridized carbons (Fsp3) is 0. The van der Waals surface area contributed by atoms with Crippen LogP contribution in [0.25, 0.3) is 33.8 Å². The summed E-state index contributed by atoms with van der Waals surface area (Å²) >= 11 is 0. The minimum absolute atomic E-state index is 0.501. The van der Waals surface area contributed by atoms with Gasteiger partial charge in [0.05, 0.1) is 16.6 Å². The van der Waals surface area contributed by atoms with Crippen molar-refractivity contribution in [3.8, 4) is 22.8 Å². The lowest BCUT2D eigenvalue weighted by molar-refractivity contribution is 1.12. The third kappa shape index (κ3) is 3.16. The zero-order chi connectivity index (χ0) is 18.8. The molecule has 0 saturated heterocycles. The topological polar surface area (TPSA) is 92.3 Å². The summed E-state index contributed by atoms with van der Waals surface area (Å²) in [6.07, 6.45) is 6.79. The first-order valence-corrected chi connectivity index (χ1v) is 8.77. The normalized spacial score (nSPS) is 10.9. The molecule has 0 bridgehead atoms. The fourth-order valence-corrected chi connectivity index (χ4v) is 2.92. The number of anilines is 2. The quantitative estimate of drug-likeness (QED) is 0.495.